The van der Waals surface area contributed by atoms with Crippen LogP contribution in [0.4, 0.5) is 0 Å². The monoisotopic (exact) mass is 274 g/mol. The second-order valence-electron chi connectivity index (χ2n) is 5.02. The van der Waals surface area contributed by atoms with Crippen LogP contribution in [0.25, 0.3) is 0 Å². The van der Waals surface area contributed by atoms with Crippen molar-refractivity contribution in [2.45, 2.75) is 31.7 Å². The van der Waals surface area contributed by atoms with E-state index in [1.165, 1.54) is 29.7 Å². The summed E-state index contributed by atoms with van der Waals surface area (Å²) in [7, 11) is 1.69. The minimum atomic E-state index is 0.218. The Morgan fingerprint density at radius 2 is 1.89 bits per heavy atom. The second kappa shape index (κ2) is 5.21. The highest BCUT2D eigenvalue weighted by Gasteiger charge is 2.27. The van der Waals surface area contributed by atoms with Gasteiger partial charge in [-0.3, -0.25) is 0 Å². The molecule has 19 heavy (non-hydrogen) atoms. The maximum absolute atomic E-state index is 5.32. The van der Waals surface area contributed by atoms with Gasteiger partial charge in [0.25, 0.3) is 0 Å². The van der Waals surface area contributed by atoms with Gasteiger partial charge in [0.15, 0.2) is 5.11 Å². The van der Waals surface area contributed by atoms with Gasteiger partial charge in [0.1, 0.15) is 5.75 Å². The van der Waals surface area contributed by atoms with Gasteiger partial charge in [-0.25, -0.2) is 0 Å². The highest BCUT2D eigenvalue weighted by molar-refractivity contribution is 7.80. The molecule has 3 rings (SSSR count). The molecule has 1 aromatic carbocycles. The smallest absolute Gasteiger partial charge is 0.171 e. The van der Waals surface area contributed by atoms with Gasteiger partial charge in [-0.2, -0.15) is 0 Å². The maximum Gasteiger partial charge on any atom is 0.171 e. The molecule has 0 fully saturated rings. The first-order chi connectivity index (χ1) is 9.28. The van der Waals surface area contributed by atoms with Gasteiger partial charge in [-0.15, -0.1) is 0 Å². The summed E-state index contributed by atoms with van der Waals surface area (Å²) in [5, 5.41) is 7.44. The molecule has 2 aliphatic rings. The number of methoxy groups -OCH3 is 1. The van der Waals surface area contributed by atoms with Crippen LogP contribution in [0.15, 0.2) is 35.5 Å². The van der Waals surface area contributed by atoms with Crippen molar-refractivity contribution in [3.63, 3.8) is 0 Å². The number of allylic oxidation sites excluding steroid dienone is 1. The molecule has 1 aliphatic carbocycles. The fourth-order valence-corrected chi connectivity index (χ4v) is 3.10. The molecular weight excluding hydrogens is 256 g/mol. The van der Waals surface area contributed by atoms with Gasteiger partial charge in [0, 0.05) is 5.70 Å². The van der Waals surface area contributed by atoms with Crippen molar-refractivity contribution < 1.29 is 4.74 Å². The predicted molar refractivity (Wildman–Crippen MR) is 80.1 cm³/mol. The lowest BCUT2D eigenvalue weighted by Gasteiger charge is -2.34. The van der Waals surface area contributed by atoms with E-state index in [1.54, 1.807) is 7.11 Å². The standard InChI is InChI=1S/C15H18N2OS/c1-18-11-8-6-10(7-9-11)14-12-4-2-3-5-13(12)16-15(19)17-14/h6-9,14H,2-5H2,1H3,(H2,16,17,19)/t14-/m1/s1. The van der Waals surface area contributed by atoms with Crippen molar-refractivity contribution in [2.24, 2.45) is 0 Å². The van der Waals surface area contributed by atoms with E-state index in [1.807, 2.05) is 12.1 Å². The van der Waals surface area contributed by atoms with E-state index in [2.05, 4.69) is 22.8 Å². The third-order valence-corrected chi connectivity index (χ3v) is 4.07. The summed E-state index contributed by atoms with van der Waals surface area (Å²) in [6, 6.07) is 8.46. The molecule has 1 heterocycles. The Morgan fingerprint density at radius 3 is 2.63 bits per heavy atom. The van der Waals surface area contributed by atoms with Crippen LogP contribution >= 0.6 is 12.2 Å². The Kier molecular flexibility index (Phi) is 3.42. The summed E-state index contributed by atoms with van der Waals surface area (Å²) in [4.78, 5) is 0. The van der Waals surface area contributed by atoms with Crippen molar-refractivity contribution in [1.29, 1.82) is 0 Å². The first kappa shape index (κ1) is 12.5. The molecular formula is C15H18N2OS. The Morgan fingerprint density at radius 1 is 1.16 bits per heavy atom. The lowest BCUT2D eigenvalue weighted by Crippen LogP contribution is -2.44. The molecule has 0 saturated carbocycles. The van der Waals surface area contributed by atoms with Crippen LogP contribution in [0.5, 0.6) is 5.75 Å². The first-order valence-electron chi connectivity index (χ1n) is 6.71. The minimum Gasteiger partial charge on any atom is -0.497 e. The van der Waals surface area contributed by atoms with Crippen LogP contribution in [0.3, 0.4) is 0 Å². The number of nitrogens with one attached hydrogen (secondary N) is 2. The summed E-state index contributed by atoms with van der Waals surface area (Å²) >= 11 is 5.32. The normalized spacial score (nSPS) is 22.4. The summed E-state index contributed by atoms with van der Waals surface area (Å²) in [6.45, 7) is 0. The predicted octanol–water partition coefficient (Wildman–Crippen LogP) is 3.04. The molecule has 0 radical (unpaired) electrons. The summed E-state index contributed by atoms with van der Waals surface area (Å²) in [5.74, 6) is 0.887. The number of benzene rings is 1. The number of hydrogen-bond acceptors (Lipinski definition) is 2. The van der Waals surface area contributed by atoms with Crippen molar-refractivity contribution in [3.8, 4) is 5.75 Å². The largest absolute Gasteiger partial charge is 0.497 e. The zero-order valence-electron chi connectivity index (χ0n) is 11.0. The second-order valence-corrected chi connectivity index (χ2v) is 5.42. The van der Waals surface area contributed by atoms with Gasteiger partial charge < -0.3 is 15.4 Å². The van der Waals surface area contributed by atoms with Gasteiger partial charge in [0.05, 0.1) is 13.2 Å². The molecule has 3 nitrogen and oxygen atoms in total. The number of hydrogen-bond donors (Lipinski definition) is 2. The van der Waals surface area contributed by atoms with Gasteiger partial charge in [-0.05, 0) is 61.2 Å². The van der Waals surface area contributed by atoms with Crippen LogP contribution < -0.4 is 15.4 Å². The van der Waals surface area contributed by atoms with E-state index in [4.69, 9.17) is 17.0 Å². The molecule has 0 bridgehead atoms. The van der Waals surface area contributed by atoms with Crippen molar-refractivity contribution in [3.05, 3.63) is 41.1 Å². The Balaban J connectivity index is 1.94. The van der Waals surface area contributed by atoms with Crippen LogP contribution in [0.2, 0.25) is 0 Å². The van der Waals surface area contributed by atoms with Crippen LogP contribution in [-0.4, -0.2) is 12.2 Å². The van der Waals surface area contributed by atoms with Gasteiger partial charge >= 0.3 is 0 Å². The Hall–Kier alpha value is -1.55. The number of ether oxygens (including phenoxy) is 1. The van der Waals surface area contributed by atoms with E-state index in [0.717, 1.165) is 23.7 Å². The molecule has 1 atom stereocenters. The average molecular weight is 274 g/mol. The number of thiocarbonyl (C=S) groups is 1. The molecule has 1 aliphatic heterocycles. The van der Waals surface area contributed by atoms with E-state index in [0.29, 0.717) is 0 Å². The molecule has 4 heteroatoms. The van der Waals surface area contributed by atoms with E-state index in [9.17, 15) is 0 Å². The van der Waals surface area contributed by atoms with E-state index >= 15 is 0 Å². The van der Waals surface area contributed by atoms with Crippen LogP contribution in [-0.2, 0) is 0 Å². The lowest BCUT2D eigenvalue weighted by atomic mass is 9.86. The fraction of sp³-hybridized carbons (Fsp3) is 0.400. The SMILES string of the molecule is COc1ccc([C@H]2NC(=S)NC3=C2CCCC3)cc1. The van der Waals surface area contributed by atoms with Crippen molar-refractivity contribution in [1.82, 2.24) is 10.6 Å². The third-order valence-electron chi connectivity index (χ3n) is 3.85. The quantitative estimate of drug-likeness (QED) is 0.812. The van der Waals surface area contributed by atoms with Crippen molar-refractivity contribution >= 4 is 17.3 Å². The third kappa shape index (κ3) is 2.45. The maximum atomic E-state index is 5.32. The minimum absolute atomic E-state index is 0.218. The highest BCUT2D eigenvalue weighted by atomic mass is 32.1. The fourth-order valence-electron chi connectivity index (χ4n) is 2.86. The molecule has 1 aromatic rings. The van der Waals surface area contributed by atoms with Crippen LogP contribution in [0, 0.1) is 0 Å². The molecule has 0 spiro atoms. The summed E-state index contributed by atoms with van der Waals surface area (Å²) in [6.07, 6.45) is 4.78. The molecule has 0 amide bonds. The molecule has 0 unspecified atom stereocenters. The Bertz CT molecular complexity index is 521. The molecule has 0 saturated heterocycles. The molecule has 0 aromatic heterocycles. The summed E-state index contributed by atoms with van der Waals surface area (Å²) < 4.78 is 5.21. The lowest BCUT2D eigenvalue weighted by molar-refractivity contribution is 0.414. The highest BCUT2D eigenvalue weighted by Crippen LogP contribution is 2.35. The molecule has 100 valence electrons. The zero-order valence-corrected chi connectivity index (χ0v) is 11.8. The number of rotatable bonds is 2. The Labute approximate surface area is 119 Å². The molecule has 2 N–H and O–H groups in total. The van der Waals surface area contributed by atoms with Gasteiger partial charge in [-0.1, -0.05) is 12.1 Å². The zero-order chi connectivity index (χ0) is 13.2. The van der Waals surface area contributed by atoms with E-state index < -0.39 is 0 Å². The van der Waals surface area contributed by atoms with Crippen molar-refractivity contribution in [2.75, 3.05) is 7.11 Å². The summed E-state index contributed by atoms with van der Waals surface area (Å²) in [5.41, 5.74) is 4.04. The van der Waals surface area contributed by atoms with Crippen LogP contribution in [0.1, 0.15) is 37.3 Å². The first-order valence-corrected chi connectivity index (χ1v) is 7.12. The van der Waals surface area contributed by atoms with E-state index in [-0.39, 0.29) is 6.04 Å². The topological polar surface area (TPSA) is 33.3 Å². The average Bonchev–Trinajstić information content (AvgIpc) is 2.46. The van der Waals surface area contributed by atoms with Gasteiger partial charge in [0.2, 0.25) is 0 Å².